The van der Waals surface area contributed by atoms with Gasteiger partial charge in [0, 0.05) is 24.7 Å². The molecular weight excluding hydrogens is 268 g/mol. The average Bonchev–Trinajstić information content (AvgIpc) is 2.49. The molecular formula is C17H15ClN2. The predicted molar refractivity (Wildman–Crippen MR) is 85.7 cm³/mol. The van der Waals surface area contributed by atoms with Gasteiger partial charge in [-0.1, -0.05) is 54.6 Å². The molecule has 3 heteroatoms. The van der Waals surface area contributed by atoms with Crippen molar-refractivity contribution in [2.45, 2.75) is 6.42 Å². The molecule has 0 N–H and O–H groups in total. The molecule has 0 amide bonds. The van der Waals surface area contributed by atoms with Crippen molar-refractivity contribution >= 4 is 23.8 Å². The third-order valence-corrected chi connectivity index (χ3v) is 3.65. The maximum absolute atomic E-state index is 4.85. The Bertz CT molecular complexity index is 674. The van der Waals surface area contributed by atoms with E-state index in [1.807, 2.05) is 6.07 Å². The number of allylic oxidation sites excluding steroid dienone is 5. The van der Waals surface area contributed by atoms with Crippen LogP contribution < -0.4 is 0 Å². The monoisotopic (exact) mass is 282 g/mol. The molecule has 0 saturated heterocycles. The second-order valence-corrected chi connectivity index (χ2v) is 4.90. The molecule has 1 aliphatic carbocycles. The smallest absolute Gasteiger partial charge is 0.0868 e. The fourth-order valence-corrected chi connectivity index (χ4v) is 2.78. The number of nitrogens with zero attached hydrogens (tertiary/aromatic N) is 2. The van der Waals surface area contributed by atoms with Crippen LogP contribution in [0.4, 0.5) is 0 Å². The number of hydrogen-bond donors (Lipinski definition) is 0. The van der Waals surface area contributed by atoms with Crippen LogP contribution in [0.2, 0.25) is 0 Å². The Labute approximate surface area is 124 Å². The van der Waals surface area contributed by atoms with Gasteiger partial charge in [-0.05, 0) is 5.57 Å². The van der Waals surface area contributed by atoms with Crippen LogP contribution >= 0.6 is 12.4 Å². The lowest BCUT2D eigenvalue weighted by molar-refractivity contribution is 0.526. The molecule has 0 unspecified atom stereocenters. The number of rotatable bonds is 1. The topological polar surface area (TPSA) is 15.6 Å². The molecule has 20 heavy (non-hydrogen) atoms. The van der Waals surface area contributed by atoms with E-state index in [2.05, 4.69) is 59.7 Å². The van der Waals surface area contributed by atoms with Gasteiger partial charge in [0.05, 0.1) is 17.1 Å². The van der Waals surface area contributed by atoms with Crippen LogP contribution in [0.15, 0.2) is 77.1 Å². The summed E-state index contributed by atoms with van der Waals surface area (Å²) in [6.45, 7) is 0.933. The highest BCUT2D eigenvalue weighted by Crippen LogP contribution is 2.32. The van der Waals surface area contributed by atoms with Crippen molar-refractivity contribution < 1.29 is 0 Å². The van der Waals surface area contributed by atoms with E-state index in [0.717, 1.165) is 18.7 Å². The summed E-state index contributed by atoms with van der Waals surface area (Å²) in [6, 6.07) is 10.4. The Morgan fingerprint density at radius 2 is 1.80 bits per heavy atom. The van der Waals surface area contributed by atoms with Crippen LogP contribution in [0.1, 0.15) is 12.0 Å². The summed E-state index contributed by atoms with van der Waals surface area (Å²) in [6.07, 6.45) is 11.9. The highest BCUT2D eigenvalue weighted by molar-refractivity contribution is 6.07. The van der Waals surface area contributed by atoms with Gasteiger partial charge in [-0.25, -0.2) is 4.99 Å². The van der Waals surface area contributed by atoms with Crippen LogP contribution in [0.5, 0.6) is 0 Å². The van der Waals surface area contributed by atoms with Crippen molar-refractivity contribution in [3.8, 4) is 0 Å². The summed E-state index contributed by atoms with van der Waals surface area (Å²) in [7, 11) is 0. The SMILES string of the molecule is C1=CC2=C3C(=NC(c4ccccc4)=CN3CC=C2)C1.Cl. The molecule has 1 aromatic rings. The van der Waals surface area contributed by atoms with Crippen molar-refractivity contribution in [1.82, 2.24) is 4.90 Å². The van der Waals surface area contributed by atoms with Crippen LogP contribution in [-0.2, 0) is 0 Å². The summed E-state index contributed by atoms with van der Waals surface area (Å²) in [5, 5.41) is 0. The van der Waals surface area contributed by atoms with Crippen molar-refractivity contribution in [2.24, 2.45) is 4.99 Å². The highest BCUT2D eigenvalue weighted by Gasteiger charge is 2.25. The molecule has 2 aliphatic heterocycles. The van der Waals surface area contributed by atoms with Gasteiger partial charge in [0.25, 0.3) is 0 Å². The lowest BCUT2D eigenvalue weighted by Crippen LogP contribution is -2.30. The average molecular weight is 283 g/mol. The molecule has 2 heterocycles. The largest absolute Gasteiger partial charge is 0.340 e. The van der Waals surface area contributed by atoms with Crippen molar-refractivity contribution in [2.75, 3.05) is 6.54 Å². The molecule has 0 atom stereocenters. The minimum absolute atomic E-state index is 0. The first-order valence-electron chi connectivity index (χ1n) is 6.61. The summed E-state index contributed by atoms with van der Waals surface area (Å²) >= 11 is 0. The van der Waals surface area contributed by atoms with Crippen LogP contribution in [0.3, 0.4) is 0 Å². The first-order valence-corrected chi connectivity index (χ1v) is 6.61. The Hall–Kier alpha value is -2.06. The first kappa shape index (κ1) is 12.9. The molecule has 3 aliphatic rings. The highest BCUT2D eigenvalue weighted by atomic mass is 35.5. The minimum atomic E-state index is 0. The van der Waals surface area contributed by atoms with Gasteiger partial charge in [-0.3, -0.25) is 0 Å². The van der Waals surface area contributed by atoms with Gasteiger partial charge in [0.1, 0.15) is 0 Å². The van der Waals surface area contributed by atoms with Gasteiger partial charge < -0.3 is 4.90 Å². The molecule has 100 valence electrons. The van der Waals surface area contributed by atoms with E-state index >= 15 is 0 Å². The summed E-state index contributed by atoms with van der Waals surface area (Å²) < 4.78 is 0. The molecule has 0 bridgehead atoms. The Morgan fingerprint density at radius 1 is 1.00 bits per heavy atom. The summed E-state index contributed by atoms with van der Waals surface area (Å²) in [4.78, 5) is 7.16. The van der Waals surface area contributed by atoms with E-state index in [1.165, 1.54) is 22.5 Å². The van der Waals surface area contributed by atoms with Crippen molar-refractivity contribution in [1.29, 1.82) is 0 Å². The van der Waals surface area contributed by atoms with Gasteiger partial charge in [0.2, 0.25) is 0 Å². The van der Waals surface area contributed by atoms with Crippen molar-refractivity contribution in [3.63, 3.8) is 0 Å². The van der Waals surface area contributed by atoms with Crippen molar-refractivity contribution in [3.05, 3.63) is 77.7 Å². The lowest BCUT2D eigenvalue weighted by Gasteiger charge is -2.33. The predicted octanol–water partition coefficient (Wildman–Crippen LogP) is 3.95. The molecule has 2 nitrogen and oxygen atoms in total. The summed E-state index contributed by atoms with van der Waals surface area (Å²) in [5.74, 6) is 0. The fraction of sp³-hybridized carbons (Fsp3) is 0.118. The quantitative estimate of drug-likeness (QED) is 0.761. The lowest BCUT2D eigenvalue weighted by atomic mass is 9.95. The standard InChI is InChI=1S/C17H14N2.ClH/c1-2-6-13(7-3-1)16-12-19-11-5-9-14-8-4-10-15(18-16)17(14)19;/h1-9,12H,10-11H2;1H. The van der Waals surface area contributed by atoms with E-state index < -0.39 is 0 Å². The number of halogens is 1. The van der Waals surface area contributed by atoms with Crippen LogP contribution in [0.25, 0.3) is 5.70 Å². The zero-order valence-electron chi connectivity index (χ0n) is 11.0. The zero-order chi connectivity index (χ0) is 12.7. The van der Waals surface area contributed by atoms with Crippen LogP contribution in [-0.4, -0.2) is 17.2 Å². The number of aliphatic imine (C=N–C) groups is 1. The number of benzene rings is 1. The fourth-order valence-electron chi connectivity index (χ4n) is 2.78. The minimum Gasteiger partial charge on any atom is -0.340 e. The van der Waals surface area contributed by atoms with E-state index in [0.29, 0.717) is 0 Å². The van der Waals surface area contributed by atoms with Gasteiger partial charge in [-0.2, -0.15) is 0 Å². The maximum Gasteiger partial charge on any atom is 0.0868 e. The molecule has 0 saturated carbocycles. The van der Waals surface area contributed by atoms with E-state index in [-0.39, 0.29) is 12.4 Å². The molecule has 0 aromatic heterocycles. The van der Waals surface area contributed by atoms with Gasteiger partial charge >= 0.3 is 0 Å². The Morgan fingerprint density at radius 3 is 2.65 bits per heavy atom. The Balaban J connectivity index is 0.00000121. The van der Waals surface area contributed by atoms with E-state index in [4.69, 9.17) is 4.99 Å². The van der Waals surface area contributed by atoms with Crippen LogP contribution in [0, 0.1) is 0 Å². The second-order valence-electron chi connectivity index (χ2n) is 4.90. The Kier molecular flexibility index (Phi) is 3.33. The normalized spacial score (nSPS) is 19.1. The maximum atomic E-state index is 4.85. The molecule has 0 spiro atoms. The van der Waals surface area contributed by atoms with Gasteiger partial charge in [0.15, 0.2) is 0 Å². The summed E-state index contributed by atoms with van der Waals surface area (Å²) in [5.41, 5.74) is 5.98. The third kappa shape index (κ3) is 2.02. The first-order chi connectivity index (χ1) is 9.42. The third-order valence-electron chi connectivity index (χ3n) is 3.65. The van der Waals surface area contributed by atoms with E-state index in [9.17, 15) is 0 Å². The molecule has 1 aromatic carbocycles. The zero-order valence-corrected chi connectivity index (χ0v) is 11.8. The molecule has 0 radical (unpaired) electrons. The molecule has 4 rings (SSSR count). The number of hydrogen-bond acceptors (Lipinski definition) is 2. The van der Waals surface area contributed by atoms with E-state index in [1.54, 1.807) is 0 Å². The second kappa shape index (κ2) is 5.14. The molecule has 0 fully saturated rings. The van der Waals surface area contributed by atoms with Gasteiger partial charge in [-0.15, -0.1) is 12.4 Å².